The molecule has 5 nitrogen and oxygen atoms in total. The number of rotatable bonds is 2. The fourth-order valence-electron chi connectivity index (χ4n) is 0.105. The second-order valence-corrected chi connectivity index (χ2v) is 4.04. The van der Waals surface area contributed by atoms with Crippen molar-refractivity contribution in [1.29, 1.82) is 0 Å². The highest BCUT2D eigenvalue weighted by Gasteiger charge is 2.34. The minimum absolute atomic E-state index is 0.534. The van der Waals surface area contributed by atoms with Gasteiger partial charge in [0, 0.05) is 6.54 Å². The summed E-state index contributed by atoms with van der Waals surface area (Å²) in [7, 11) is -4.43. The van der Waals surface area contributed by atoms with Gasteiger partial charge in [0.05, 0.1) is 0 Å². The second-order valence-electron chi connectivity index (χ2n) is 1.47. The van der Waals surface area contributed by atoms with Gasteiger partial charge in [0.25, 0.3) is 10.1 Å². The Kier molecular flexibility index (Phi) is 2.42. The molecule has 0 heterocycles. The molecule has 0 aromatic heterocycles. The molecule has 0 aromatic rings. The Balaban J connectivity index is 4.56. The lowest BCUT2D eigenvalue weighted by Crippen LogP contribution is -2.48. The summed E-state index contributed by atoms with van der Waals surface area (Å²) in [5.74, 6) is 0. The average molecular weight is 175 g/mol. The van der Waals surface area contributed by atoms with E-state index in [4.69, 9.17) is 27.6 Å². The molecule has 7 heteroatoms. The maximum absolute atomic E-state index is 10.1. The third-order valence-corrected chi connectivity index (χ3v) is 2.47. The molecule has 1 unspecified atom stereocenters. The smallest absolute Gasteiger partial charge is 0.299 e. The van der Waals surface area contributed by atoms with E-state index in [1.807, 2.05) is 0 Å². The van der Waals surface area contributed by atoms with Gasteiger partial charge >= 0.3 is 0 Å². The number of hydrogen-bond donors (Lipinski definition) is 3. The van der Waals surface area contributed by atoms with Crippen LogP contribution in [0.25, 0.3) is 0 Å². The van der Waals surface area contributed by atoms with Crippen LogP contribution in [0.5, 0.6) is 0 Å². The Hall–Kier alpha value is 0.120. The number of hydrogen-bond acceptors (Lipinski definition) is 4. The van der Waals surface area contributed by atoms with Crippen molar-refractivity contribution in [1.82, 2.24) is 0 Å². The standard InChI is InChI=1S/C2H7ClN2O3S/c3-2(5,1-4)9(6,7)8/h1,4-5H2,(H,6,7,8). The Labute approximate surface area is 57.7 Å². The Bertz CT molecular complexity index is 186. The Morgan fingerprint density at radius 3 is 2.00 bits per heavy atom. The molecule has 0 aliphatic carbocycles. The fraction of sp³-hybridized carbons (Fsp3) is 1.00. The van der Waals surface area contributed by atoms with E-state index < -0.39 is 21.0 Å². The summed E-state index contributed by atoms with van der Waals surface area (Å²) in [4.78, 5) is 0. The molecule has 0 bridgehead atoms. The van der Waals surface area contributed by atoms with Gasteiger partial charge in [0.1, 0.15) is 0 Å². The van der Waals surface area contributed by atoms with Crippen LogP contribution in [0.4, 0.5) is 0 Å². The van der Waals surface area contributed by atoms with E-state index in [1.54, 1.807) is 0 Å². The molecule has 5 N–H and O–H groups in total. The molecule has 0 amide bonds. The zero-order chi connectivity index (χ0) is 7.71. The van der Waals surface area contributed by atoms with Crippen molar-refractivity contribution in [2.75, 3.05) is 6.54 Å². The van der Waals surface area contributed by atoms with Crippen LogP contribution < -0.4 is 11.5 Å². The summed E-state index contributed by atoms with van der Waals surface area (Å²) in [6.45, 7) is -0.534. The molecule has 0 spiro atoms. The van der Waals surface area contributed by atoms with Crippen molar-refractivity contribution in [2.24, 2.45) is 11.5 Å². The monoisotopic (exact) mass is 174 g/mol. The van der Waals surface area contributed by atoms with Gasteiger partial charge in [0.2, 0.25) is 4.33 Å². The highest BCUT2D eigenvalue weighted by Crippen LogP contribution is 2.11. The van der Waals surface area contributed by atoms with Crippen molar-refractivity contribution < 1.29 is 13.0 Å². The van der Waals surface area contributed by atoms with E-state index in [2.05, 4.69) is 0 Å². The van der Waals surface area contributed by atoms with E-state index in [-0.39, 0.29) is 0 Å². The predicted molar refractivity (Wildman–Crippen MR) is 33.4 cm³/mol. The first-order valence-corrected chi connectivity index (χ1v) is 3.78. The van der Waals surface area contributed by atoms with E-state index in [1.165, 1.54) is 0 Å². The van der Waals surface area contributed by atoms with Gasteiger partial charge in [-0.05, 0) is 0 Å². The maximum atomic E-state index is 10.1. The van der Waals surface area contributed by atoms with Crippen LogP contribution in [0.2, 0.25) is 0 Å². The van der Waals surface area contributed by atoms with Gasteiger partial charge in [-0.2, -0.15) is 8.42 Å². The zero-order valence-electron chi connectivity index (χ0n) is 4.41. The van der Waals surface area contributed by atoms with Crippen molar-refractivity contribution in [3.8, 4) is 0 Å². The van der Waals surface area contributed by atoms with Crippen LogP contribution in [0, 0.1) is 0 Å². The summed E-state index contributed by atoms with van der Waals surface area (Å²) in [5.41, 5.74) is 9.59. The quantitative estimate of drug-likeness (QED) is 0.274. The lowest BCUT2D eigenvalue weighted by molar-refractivity contribution is 0.460. The molecule has 56 valence electrons. The minimum Gasteiger partial charge on any atom is -0.327 e. The summed E-state index contributed by atoms with van der Waals surface area (Å²) in [5, 5.41) is 0. The summed E-state index contributed by atoms with van der Waals surface area (Å²) in [6, 6.07) is 0. The van der Waals surface area contributed by atoms with Crippen molar-refractivity contribution in [3.05, 3.63) is 0 Å². The van der Waals surface area contributed by atoms with Gasteiger partial charge in [-0.1, -0.05) is 11.6 Å². The second kappa shape index (κ2) is 2.39. The average Bonchev–Trinajstić information content (AvgIpc) is 1.64. The van der Waals surface area contributed by atoms with Crippen molar-refractivity contribution in [2.45, 2.75) is 4.33 Å². The van der Waals surface area contributed by atoms with Gasteiger partial charge in [-0.3, -0.25) is 10.3 Å². The molecule has 0 aromatic carbocycles. The topological polar surface area (TPSA) is 106 Å². The van der Waals surface area contributed by atoms with E-state index in [0.29, 0.717) is 0 Å². The van der Waals surface area contributed by atoms with Crippen LogP contribution in [0.3, 0.4) is 0 Å². The largest absolute Gasteiger partial charge is 0.327 e. The summed E-state index contributed by atoms with van der Waals surface area (Å²) < 4.78 is 26.1. The van der Waals surface area contributed by atoms with Crippen LogP contribution in [0.15, 0.2) is 0 Å². The van der Waals surface area contributed by atoms with Gasteiger partial charge in [-0.25, -0.2) is 0 Å². The zero-order valence-corrected chi connectivity index (χ0v) is 5.98. The summed E-state index contributed by atoms with van der Waals surface area (Å²) >= 11 is 5.01. The first-order chi connectivity index (χ1) is 3.81. The highest BCUT2D eigenvalue weighted by atomic mass is 35.5. The van der Waals surface area contributed by atoms with Crippen LogP contribution in [-0.2, 0) is 10.1 Å². The summed E-state index contributed by atoms with van der Waals surface area (Å²) in [6.07, 6.45) is 0. The molecule has 1 atom stereocenters. The van der Waals surface area contributed by atoms with E-state index in [9.17, 15) is 8.42 Å². The fourth-order valence-corrected chi connectivity index (χ4v) is 0.316. The highest BCUT2D eigenvalue weighted by molar-refractivity contribution is 7.88. The van der Waals surface area contributed by atoms with Gasteiger partial charge in [0.15, 0.2) is 0 Å². The van der Waals surface area contributed by atoms with Gasteiger partial charge in [-0.15, -0.1) is 0 Å². The normalized spacial score (nSPS) is 19.1. The first kappa shape index (κ1) is 9.12. The molecule has 0 aliphatic rings. The SMILES string of the molecule is NCC(N)(Cl)S(=O)(=O)O. The van der Waals surface area contributed by atoms with E-state index in [0.717, 1.165) is 0 Å². The Morgan fingerprint density at radius 1 is 1.67 bits per heavy atom. The lowest BCUT2D eigenvalue weighted by atomic mass is 10.7. The minimum atomic E-state index is -4.43. The van der Waals surface area contributed by atoms with Crippen LogP contribution >= 0.6 is 11.6 Å². The lowest BCUT2D eigenvalue weighted by Gasteiger charge is -2.14. The molecule has 0 saturated carbocycles. The first-order valence-electron chi connectivity index (χ1n) is 1.96. The van der Waals surface area contributed by atoms with Crippen molar-refractivity contribution in [3.63, 3.8) is 0 Å². The molecular weight excluding hydrogens is 168 g/mol. The Morgan fingerprint density at radius 2 is 2.00 bits per heavy atom. The maximum Gasteiger partial charge on any atom is 0.299 e. The van der Waals surface area contributed by atoms with Crippen LogP contribution in [-0.4, -0.2) is 23.8 Å². The molecule has 0 radical (unpaired) electrons. The van der Waals surface area contributed by atoms with Crippen LogP contribution in [0.1, 0.15) is 0 Å². The molecule has 0 rings (SSSR count). The molecule has 0 saturated heterocycles. The third-order valence-electron chi connectivity index (χ3n) is 0.707. The number of alkyl halides is 1. The predicted octanol–water partition coefficient (Wildman–Crippen LogP) is -1.32. The molecule has 0 aliphatic heterocycles. The molecular formula is C2H7ClN2O3S. The number of nitrogens with two attached hydrogens (primary N) is 2. The number of halogens is 1. The third kappa shape index (κ3) is 2.07. The molecule has 9 heavy (non-hydrogen) atoms. The van der Waals surface area contributed by atoms with Crippen molar-refractivity contribution >= 4 is 21.7 Å². The van der Waals surface area contributed by atoms with Gasteiger partial charge < -0.3 is 5.73 Å². The van der Waals surface area contributed by atoms with E-state index >= 15 is 0 Å². The molecule has 0 fully saturated rings.